The van der Waals surface area contributed by atoms with Gasteiger partial charge in [-0.3, -0.25) is 0 Å². The number of rotatable bonds is 7. The Morgan fingerprint density at radius 2 is 2.19 bits per heavy atom. The number of hydrogen-bond acceptors (Lipinski definition) is 3. The predicted molar refractivity (Wildman–Crippen MR) is 90.6 cm³/mol. The van der Waals surface area contributed by atoms with E-state index >= 15 is 0 Å². The number of hydrogen-bond donors (Lipinski definition) is 0. The van der Waals surface area contributed by atoms with E-state index in [2.05, 4.69) is 16.9 Å². The number of carbonyl (C=O) groups is 1. The van der Waals surface area contributed by atoms with Crippen molar-refractivity contribution in [2.24, 2.45) is 5.11 Å². The van der Waals surface area contributed by atoms with E-state index in [1.807, 2.05) is 22.3 Å². The van der Waals surface area contributed by atoms with Crippen molar-refractivity contribution >= 4 is 26.2 Å². The van der Waals surface area contributed by atoms with Gasteiger partial charge in [-0.05, 0) is 0 Å². The Labute approximate surface area is 131 Å². The molecule has 0 spiro atoms. The maximum absolute atomic E-state index is 11.8. The summed E-state index contributed by atoms with van der Waals surface area (Å²) in [6.45, 7) is 2.16. The zero-order valence-electron chi connectivity index (χ0n) is 12.0. The molecular weight excluding hydrogens is 381 g/mol. The summed E-state index contributed by atoms with van der Waals surface area (Å²) in [6, 6.07) is 7.47. The number of carbonyl (C=O) groups excluding carboxylic acids is 1. The van der Waals surface area contributed by atoms with Crippen LogP contribution in [0.5, 0.6) is 0 Å². The maximum atomic E-state index is 11.8. The van der Waals surface area contributed by atoms with E-state index in [-0.39, 0.29) is 5.97 Å². The summed E-state index contributed by atoms with van der Waals surface area (Å²) in [7, 11) is 0. The van der Waals surface area contributed by atoms with Gasteiger partial charge in [0.1, 0.15) is 0 Å². The molecule has 0 bridgehead atoms. The zero-order valence-corrected chi connectivity index (χ0v) is 14.1. The van der Waals surface area contributed by atoms with Crippen LogP contribution in [0.4, 0.5) is 0 Å². The molecule has 0 unspecified atom stereocenters. The fraction of sp³-hybridized carbons (Fsp3) is 0.400. The molecule has 0 amide bonds. The molecule has 0 atom stereocenters. The molecule has 6 heteroatoms. The number of benzene rings is 1. The molecule has 21 heavy (non-hydrogen) atoms. The molecule has 0 aromatic heterocycles. The molecule has 1 heterocycles. The third-order valence-electron chi connectivity index (χ3n) is 3.13. The molecule has 0 saturated carbocycles. The van der Waals surface area contributed by atoms with Crippen LogP contribution >= 0.6 is 20.2 Å². The summed E-state index contributed by atoms with van der Waals surface area (Å²) in [5.74, 6) is -0.252. The van der Waals surface area contributed by atoms with Gasteiger partial charge in [0.25, 0.3) is 0 Å². The molecule has 5 nitrogen and oxygen atoms in total. The molecule has 0 radical (unpaired) electrons. The average Bonchev–Trinajstić information content (AvgIpc) is 2.81. The van der Waals surface area contributed by atoms with E-state index in [9.17, 15) is 4.79 Å². The first-order valence-corrected chi connectivity index (χ1v) is 10.2. The van der Waals surface area contributed by atoms with Gasteiger partial charge in [0.15, 0.2) is 0 Å². The van der Waals surface area contributed by atoms with Gasteiger partial charge in [-0.1, -0.05) is 0 Å². The molecule has 0 fully saturated rings. The van der Waals surface area contributed by atoms with Crippen molar-refractivity contribution in [2.45, 2.75) is 39.0 Å². The average molecular weight is 399 g/mol. The SMILES string of the molecule is CCCCCC/C(=C/I1OC(=O)c2ccccc21)N=[N+]=[N-]. The van der Waals surface area contributed by atoms with Crippen molar-refractivity contribution in [3.05, 3.63) is 53.6 Å². The first-order chi connectivity index (χ1) is 10.3. The topological polar surface area (TPSA) is 75.1 Å². The Morgan fingerprint density at radius 1 is 1.38 bits per heavy atom. The molecule has 1 aromatic rings. The van der Waals surface area contributed by atoms with E-state index in [1.54, 1.807) is 6.07 Å². The van der Waals surface area contributed by atoms with Crippen LogP contribution in [0.25, 0.3) is 10.4 Å². The molecule has 112 valence electrons. The van der Waals surface area contributed by atoms with Gasteiger partial charge in [-0.15, -0.1) is 0 Å². The van der Waals surface area contributed by atoms with Crippen LogP contribution < -0.4 is 0 Å². The van der Waals surface area contributed by atoms with Crippen LogP contribution in [0, 0.1) is 3.57 Å². The second kappa shape index (κ2) is 8.05. The molecule has 2 rings (SSSR count). The van der Waals surface area contributed by atoms with E-state index in [4.69, 9.17) is 8.60 Å². The van der Waals surface area contributed by atoms with Crippen molar-refractivity contribution in [3.63, 3.8) is 0 Å². The van der Waals surface area contributed by atoms with Crippen LogP contribution in [-0.2, 0) is 3.07 Å². The number of allylic oxidation sites excluding steroid dienone is 1. The standard InChI is InChI=1S/C15H18IN3O2/c1-2-3-4-5-8-12(18-19-17)11-16-14-10-7-6-9-13(14)15(20)21-16/h6-7,9-11H,2-5,8H2,1H3/b12-11-. The second-order valence-electron chi connectivity index (χ2n) is 4.72. The zero-order chi connectivity index (χ0) is 15.1. The Hall–Kier alpha value is -1.53. The number of unbranched alkanes of at least 4 members (excludes halogenated alkanes) is 3. The predicted octanol–water partition coefficient (Wildman–Crippen LogP) is 5.57. The van der Waals surface area contributed by atoms with Crippen molar-refractivity contribution in [1.29, 1.82) is 0 Å². The quantitative estimate of drug-likeness (QED) is 0.198. The molecule has 0 saturated heterocycles. The van der Waals surface area contributed by atoms with Crippen LogP contribution in [0.15, 0.2) is 39.2 Å². The molecule has 0 N–H and O–H groups in total. The molecular formula is C15H18IN3O2. The van der Waals surface area contributed by atoms with Crippen LogP contribution in [-0.4, -0.2) is 5.97 Å². The Balaban J connectivity index is 2.12. The Kier molecular flexibility index (Phi) is 6.07. The summed E-state index contributed by atoms with van der Waals surface area (Å²) in [4.78, 5) is 14.7. The van der Waals surface area contributed by atoms with Gasteiger partial charge < -0.3 is 0 Å². The molecule has 1 aliphatic heterocycles. The second-order valence-corrected chi connectivity index (χ2v) is 8.52. The van der Waals surface area contributed by atoms with E-state index < -0.39 is 20.2 Å². The van der Waals surface area contributed by atoms with Gasteiger partial charge in [0, 0.05) is 0 Å². The molecule has 0 aliphatic carbocycles. The fourth-order valence-corrected chi connectivity index (χ4v) is 6.05. The number of nitrogens with zero attached hydrogens (tertiary/aromatic N) is 3. The summed E-state index contributed by atoms with van der Waals surface area (Å²) in [5, 5.41) is 3.77. The molecule has 1 aromatic carbocycles. The van der Waals surface area contributed by atoms with Gasteiger partial charge in [-0.25, -0.2) is 0 Å². The van der Waals surface area contributed by atoms with E-state index in [0.29, 0.717) is 11.3 Å². The fourth-order valence-electron chi connectivity index (χ4n) is 2.06. The normalized spacial score (nSPS) is 15.4. The van der Waals surface area contributed by atoms with Gasteiger partial charge in [-0.2, -0.15) is 0 Å². The third kappa shape index (κ3) is 4.22. The summed E-state index contributed by atoms with van der Waals surface area (Å²) in [6.07, 6.45) is 5.23. The van der Waals surface area contributed by atoms with Crippen LogP contribution in [0.1, 0.15) is 49.4 Å². The number of azide groups is 1. The van der Waals surface area contributed by atoms with Crippen LogP contribution in [0.3, 0.4) is 0 Å². The van der Waals surface area contributed by atoms with E-state index in [1.165, 1.54) is 12.8 Å². The summed E-state index contributed by atoms with van der Waals surface area (Å²) < 4.78 is 8.40. The van der Waals surface area contributed by atoms with Gasteiger partial charge in [0.05, 0.1) is 0 Å². The van der Waals surface area contributed by atoms with Crippen molar-refractivity contribution in [3.8, 4) is 0 Å². The van der Waals surface area contributed by atoms with Crippen LogP contribution in [0.2, 0.25) is 0 Å². The number of fused-ring (bicyclic) bond motifs is 1. The number of halogens is 1. The summed E-state index contributed by atoms with van der Waals surface area (Å²) >= 11 is -2.16. The first-order valence-electron chi connectivity index (χ1n) is 7.02. The minimum absolute atomic E-state index is 0.252. The molecule has 1 aliphatic rings. The minimum atomic E-state index is -2.16. The van der Waals surface area contributed by atoms with Gasteiger partial charge in [0.2, 0.25) is 0 Å². The van der Waals surface area contributed by atoms with Gasteiger partial charge >= 0.3 is 132 Å². The Bertz CT molecular complexity index is 594. The van der Waals surface area contributed by atoms with Crippen molar-refractivity contribution in [1.82, 2.24) is 0 Å². The van der Waals surface area contributed by atoms with Crippen molar-refractivity contribution in [2.75, 3.05) is 0 Å². The summed E-state index contributed by atoms with van der Waals surface area (Å²) in [5.41, 5.74) is 10.1. The van der Waals surface area contributed by atoms with E-state index in [0.717, 1.165) is 22.8 Å². The monoisotopic (exact) mass is 399 g/mol. The van der Waals surface area contributed by atoms with Crippen molar-refractivity contribution < 1.29 is 7.86 Å². The first kappa shape index (κ1) is 15.9. The Morgan fingerprint density at radius 3 is 2.95 bits per heavy atom. The third-order valence-corrected chi connectivity index (χ3v) is 7.38.